The molecule has 5 heteroatoms. The van der Waals surface area contributed by atoms with Crippen molar-refractivity contribution in [3.8, 4) is 0 Å². The number of nitrogens with one attached hydrogen (secondary N) is 2. The number of hydrogen-bond acceptors (Lipinski definition) is 3. The molecule has 0 fully saturated rings. The molecule has 0 saturated carbocycles. The number of carbonyl (C=O) groups excluding carboxylic acids is 2. The van der Waals surface area contributed by atoms with Gasteiger partial charge in [0.25, 0.3) is 0 Å². The molecule has 2 N–H and O–H groups in total. The molecule has 0 spiro atoms. The van der Waals surface area contributed by atoms with Crippen molar-refractivity contribution in [2.24, 2.45) is 0 Å². The maximum absolute atomic E-state index is 12.5. The van der Waals surface area contributed by atoms with E-state index in [1.54, 1.807) is 11.8 Å². The van der Waals surface area contributed by atoms with Crippen LogP contribution < -0.4 is 15.5 Å². The van der Waals surface area contributed by atoms with Gasteiger partial charge in [-0.2, -0.15) is 0 Å². The normalized spacial score (nSPS) is 14.7. The van der Waals surface area contributed by atoms with E-state index in [-0.39, 0.29) is 18.4 Å². The van der Waals surface area contributed by atoms with Crippen molar-refractivity contribution >= 4 is 28.9 Å². The number of rotatable bonds is 3. The van der Waals surface area contributed by atoms with Gasteiger partial charge in [0, 0.05) is 5.69 Å². The summed E-state index contributed by atoms with van der Waals surface area (Å²) in [7, 11) is 0. The fourth-order valence-corrected chi connectivity index (χ4v) is 2.70. The van der Waals surface area contributed by atoms with Crippen LogP contribution >= 0.6 is 0 Å². The van der Waals surface area contributed by atoms with Gasteiger partial charge in [-0.15, -0.1) is 0 Å². The van der Waals surface area contributed by atoms with Crippen molar-refractivity contribution < 1.29 is 9.59 Å². The Bertz CT molecular complexity index is 743. The van der Waals surface area contributed by atoms with E-state index in [1.807, 2.05) is 55.5 Å². The number of carbonyl (C=O) groups is 2. The van der Waals surface area contributed by atoms with Crippen LogP contribution in [-0.2, 0) is 9.59 Å². The lowest BCUT2D eigenvalue weighted by molar-refractivity contribution is -0.122. The molecule has 1 aliphatic rings. The molecular formula is C18H19N3O2. The van der Waals surface area contributed by atoms with Crippen LogP contribution in [0, 0.1) is 6.92 Å². The Morgan fingerprint density at radius 1 is 1.22 bits per heavy atom. The van der Waals surface area contributed by atoms with Gasteiger partial charge in [-0.1, -0.05) is 24.3 Å². The summed E-state index contributed by atoms with van der Waals surface area (Å²) < 4.78 is 0. The molecule has 0 aromatic heterocycles. The van der Waals surface area contributed by atoms with Gasteiger partial charge in [0.05, 0.1) is 17.9 Å². The van der Waals surface area contributed by atoms with E-state index in [1.165, 1.54) is 0 Å². The smallest absolute Gasteiger partial charge is 0.247 e. The van der Waals surface area contributed by atoms with E-state index in [2.05, 4.69) is 10.6 Å². The second-order valence-electron chi connectivity index (χ2n) is 5.67. The minimum Gasteiger partial charge on any atom is -0.374 e. The Balaban J connectivity index is 1.85. The Kier molecular flexibility index (Phi) is 4.02. The third-order valence-electron chi connectivity index (χ3n) is 3.92. The van der Waals surface area contributed by atoms with Crippen molar-refractivity contribution in [2.45, 2.75) is 19.9 Å². The quantitative estimate of drug-likeness (QED) is 0.916. The lowest BCUT2D eigenvalue weighted by Crippen LogP contribution is -2.50. The first-order chi connectivity index (χ1) is 11.1. The molecule has 23 heavy (non-hydrogen) atoms. The number of amides is 2. The maximum Gasteiger partial charge on any atom is 0.247 e. The van der Waals surface area contributed by atoms with E-state index in [0.29, 0.717) is 0 Å². The molecule has 0 aliphatic carbocycles. The summed E-state index contributed by atoms with van der Waals surface area (Å²) in [4.78, 5) is 26.4. The van der Waals surface area contributed by atoms with Gasteiger partial charge in [0.2, 0.25) is 11.8 Å². The Labute approximate surface area is 135 Å². The molecule has 3 rings (SSSR count). The summed E-state index contributed by atoms with van der Waals surface area (Å²) in [5.74, 6) is -0.324. The van der Waals surface area contributed by atoms with Crippen LogP contribution in [0.5, 0.6) is 0 Å². The summed E-state index contributed by atoms with van der Waals surface area (Å²) in [6.07, 6.45) is 0. The van der Waals surface area contributed by atoms with Crippen LogP contribution in [0.25, 0.3) is 0 Å². The van der Waals surface area contributed by atoms with Gasteiger partial charge in [0.15, 0.2) is 0 Å². The molecule has 5 nitrogen and oxygen atoms in total. The first-order valence-electron chi connectivity index (χ1n) is 7.59. The summed E-state index contributed by atoms with van der Waals surface area (Å²) >= 11 is 0. The van der Waals surface area contributed by atoms with E-state index in [4.69, 9.17) is 0 Å². The number of benzene rings is 2. The van der Waals surface area contributed by atoms with Crippen molar-refractivity contribution in [3.05, 3.63) is 54.1 Å². The SMILES string of the molecule is Cc1ccc2c(c1)NCC(=O)N2C(C)C(=O)Nc1ccccc1. The zero-order valence-corrected chi connectivity index (χ0v) is 13.2. The number of hydrogen-bond donors (Lipinski definition) is 2. The number of nitrogens with zero attached hydrogens (tertiary/aromatic N) is 1. The predicted octanol–water partition coefficient (Wildman–Crippen LogP) is 2.78. The molecule has 1 unspecified atom stereocenters. The second-order valence-corrected chi connectivity index (χ2v) is 5.67. The van der Waals surface area contributed by atoms with Crippen LogP contribution in [0.2, 0.25) is 0 Å². The fourth-order valence-electron chi connectivity index (χ4n) is 2.70. The Hall–Kier alpha value is -2.82. The van der Waals surface area contributed by atoms with Crippen LogP contribution in [-0.4, -0.2) is 24.4 Å². The number of fused-ring (bicyclic) bond motifs is 1. The molecule has 2 amide bonds. The number of aryl methyl sites for hydroxylation is 1. The van der Waals surface area contributed by atoms with Crippen molar-refractivity contribution in [1.29, 1.82) is 0 Å². The van der Waals surface area contributed by atoms with Crippen LogP contribution in [0.1, 0.15) is 12.5 Å². The van der Waals surface area contributed by atoms with Gasteiger partial charge < -0.3 is 10.6 Å². The zero-order valence-electron chi connectivity index (χ0n) is 13.2. The molecule has 0 saturated heterocycles. The van der Waals surface area contributed by atoms with Gasteiger partial charge in [-0.3, -0.25) is 14.5 Å². The maximum atomic E-state index is 12.5. The van der Waals surface area contributed by atoms with Crippen LogP contribution in [0.15, 0.2) is 48.5 Å². The van der Waals surface area contributed by atoms with Crippen molar-refractivity contribution in [2.75, 3.05) is 22.1 Å². The van der Waals surface area contributed by atoms with E-state index >= 15 is 0 Å². The highest BCUT2D eigenvalue weighted by molar-refractivity contribution is 6.09. The Morgan fingerprint density at radius 3 is 2.70 bits per heavy atom. The molecule has 0 radical (unpaired) electrons. The van der Waals surface area contributed by atoms with E-state index in [9.17, 15) is 9.59 Å². The average molecular weight is 309 g/mol. The van der Waals surface area contributed by atoms with Gasteiger partial charge in [0.1, 0.15) is 6.04 Å². The minimum absolute atomic E-state index is 0.114. The van der Waals surface area contributed by atoms with E-state index < -0.39 is 6.04 Å². The van der Waals surface area contributed by atoms with Crippen LogP contribution in [0.3, 0.4) is 0 Å². The first-order valence-corrected chi connectivity index (χ1v) is 7.59. The number of anilines is 3. The molecule has 0 bridgehead atoms. The molecule has 1 heterocycles. The first kappa shape index (κ1) is 15.1. The van der Waals surface area contributed by atoms with Gasteiger partial charge >= 0.3 is 0 Å². The van der Waals surface area contributed by atoms with Crippen molar-refractivity contribution in [1.82, 2.24) is 0 Å². The largest absolute Gasteiger partial charge is 0.374 e. The summed E-state index contributed by atoms with van der Waals surface area (Å²) in [6, 6.07) is 14.4. The molecule has 1 aliphatic heterocycles. The highest BCUT2D eigenvalue weighted by Crippen LogP contribution is 2.32. The van der Waals surface area contributed by atoms with Crippen molar-refractivity contribution in [3.63, 3.8) is 0 Å². The highest BCUT2D eigenvalue weighted by Gasteiger charge is 2.31. The standard InChI is InChI=1S/C18H19N3O2/c1-12-8-9-16-15(10-12)19-11-17(22)21(16)13(2)18(23)20-14-6-4-3-5-7-14/h3-10,13,19H,11H2,1-2H3,(H,20,23). The van der Waals surface area contributed by atoms with E-state index in [0.717, 1.165) is 22.6 Å². The third-order valence-corrected chi connectivity index (χ3v) is 3.92. The van der Waals surface area contributed by atoms with Gasteiger partial charge in [-0.05, 0) is 43.7 Å². The topological polar surface area (TPSA) is 61.4 Å². The molecule has 118 valence electrons. The summed E-state index contributed by atoms with van der Waals surface area (Å²) in [6.45, 7) is 3.93. The molecular weight excluding hydrogens is 290 g/mol. The monoisotopic (exact) mass is 309 g/mol. The van der Waals surface area contributed by atoms with Crippen LogP contribution in [0.4, 0.5) is 17.1 Å². The zero-order chi connectivity index (χ0) is 16.4. The molecule has 2 aromatic carbocycles. The third kappa shape index (κ3) is 3.04. The average Bonchev–Trinajstić information content (AvgIpc) is 2.55. The molecule has 1 atom stereocenters. The second kappa shape index (κ2) is 6.12. The highest BCUT2D eigenvalue weighted by atomic mass is 16.2. The Morgan fingerprint density at radius 2 is 1.96 bits per heavy atom. The van der Waals surface area contributed by atoms with Gasteiger partial charge in [-0.25, -0.2) is 0 Å². The predicted molar refractivity (Wildman–Crippen MR) is 91.7 cm³/mol. The minimum atomic E-state index is -0.591. The number of para-hydroxylation sites is 1. The lowest BCUT2D eigenvalue weighted by Gasteiger charge is -2.34. The lowest BCUT2D eigenvalue weighted by atomic mass is 10.1. The molecule has 2 aromatic rings. The fraction of sp³-hybridized carbons (Fsp3) is 0.222. The summed E-state index contributed by atoms with van der Waals surface area (Å²) in [5, 5.41) is 5.95. The summed E-state index contributed by atoms with van der Waals surface area (Å²) in [5.41, 5.74) is 3.44.